The summed E-state index contributed by atoms with van der Waals surface area (Å²) in [5, 5.41) is 50.7. The summed E-state index contributed by atoms with van der Waals surface area (Å²) in [6.45, 7) is 2.11. The highest BCUT2D eigenvalue weighted by atomic mass is 16.5. The average molecular weight is 942 g/mol. The van der Waals surface area contributed by atoms with Crippen LogP contribution in [0.2, 0.25) is 0 Å². The first-order chi connectivity index (χ1) is 33.9. The number of benzene rings is 5. The Labute approximate surface area is 410 Å². The summed E-state index contributed by atoms with van der Waals surface area (Å²) >= 11 is 0. The second-order valence-electron chi connectivity index (χ2n) is 19.3. The van der Waals surface area contributed by atoms with E-state index in [0.29, 0.717) is 66.3 Å². The van der Waals surface area contributed by atoms with Crippen molar-refractivity contribution in [2.75, 3.05) is 19.5 Å². The first-order valence-corrected chi connectivity index (χ1v) is 24.6. The van der Waals surface area contributed by atoms with Crippen molar-refractivity contribution in [3.05, 3.63) is 159 Å². The molecule has 0 saturated heterocycles. The third-order valence-electron chi connectivity index (χ3n) is 14.8. The summed E-state index contributed by atoms with van der Waals surface area (Å²) in [5.41, 5.74) is 13.0. The number of ether oxygens (including phenoxy) is 3. The fraction of sp³-hybridized carbons (Fsp3) is 0.356. The van der Waals surface area contributed by atoms with Gasteiger partial charge in [0.1, 0.15) is 36.1 Å². The molecular formula is C59H63N3O8. The van der Waals surface area contributed by atoms with E-state index in [1.165, 1.54) is 5.56 Å². The van der Waals surface area contributed by atoms with E-state index in [2.05, 4.69) is 65.7 Å². The molecule has 5 aliphatic rings. The number of ketones is 1. The zero-order valence-electron chi connectivity index (χ0n) is 40.2. The van der Waals surface area contributed by atoms with Gasteiger partial charge in [-0.25, -0.2) is 0 Å². The normalized spacial score (nSPS) is 21.9. The Morgan fingerprint density at radius 3 is 2.57 bits per heavy atom. The third kappa shape index (κ3) is 10.2. The highest BCUT2D eigenvalue weighted by Gasteiger charge is 2.43. The molecule has 0 spiro atoms. The minimum Gasteiger partial charge on any atom is -0.508 e. The van der Waals surface area contributed by atoms with E-state index in [0.717, 1.165) is 70.0 Å². The number of phenolic OH excluding ortho intramolecular Hbond substituents is 1. The Hall–Kier alpha value is -7.00. The van der Waals surface area contributed by atoms with Gasteiger partial charge in [-0.15, -0.1) is 0 Å². The fourth-order valence-electron chi connectivity index (χ4n) is 11.2. The molecule has 5 atom stereocenters. The lowest BCUT2D eigenvalue weighted by atomic mass is 9.64. The minimum absolute atomic E-state index is 0.0148. The monoisotopic (exact) mass is 941 g/mol. The molecule has 5 aromatic rings. The van der Waals surface area contributed by atoms with Crippen molar-refractivity contribution >= 4 is 34.3 Å². The fourth-order valence-corrected chi connectivity index (χ4v) is 11.2. The number of carbonyl (C=O) groups is 1. The molecule has 5 aromatic carbocycles. The molecule has 362 valence electrons. The minimum atomic E-state index is -1.83. The molecule has 0 saturated carbocycles. The Morgan fingerprint density at radius 1 is 0.943 bits per heavy atom. The summed E-state index contributed by atoms with van der Waals surface area (Å²) in [4.78, 5) is 18.1. The Kier molecular flexibility index (Phi) is 14.4. The molecule has 11 heteroatoms. The predicted molar refractivity (Wildman–Crippen MR) is 275 cm³/mol. The number of unbranched alkanes of at least 4 members (excludes halogenated alkanes) is 1. The van der Waals surface area contributed by atoms with E-state index in [4.69, 9.17) is 19.9 Å². The molecule has 8 bridgehead atoms. The highest BCUT2D eigenvalue weighted by molar-refractivity contribution is 6.04. The number of aryl methyl sites for hydroxylation is 3. The zero-order valence-corrected chi connectivity index (χ0v) is 40.2. The first-order valence-electron chi connectivity index (χ1n) is 24.6. The number of aliphatic hydroxyl groups is 3. The number of nitrogens with one attached hydrogen (secondary N) is 1. The molecule has 10 rings (SSSR count). The van der Waals surface area contributed by atoms with Gasteiger partial charge < -0.3 is 45.7 Å². The number of hydrogen-bond acceptors (Lipinski definition) is 9. The van der Waals surface area contributed by atoms with Gasteiger partial charge in [0, 0.05) is 48.2 Å². The van der Waals surface area contributed by atoms with Gasteiger partial charge in [0.15, 0.2) is 23.7 Å². The largest absolute Gasteiger partial charge is 0.508 e. The van der Waals surface area contributed by atoms with Gasteiger partial charge in [-0.05, 0) is 156 Å². The number of Topliss-reactive ketones (excluding diaryl/α,β-unsaturated/α-hetero) is 1. The number of hydrogen-bond donors (Lipinski definition) is 6. The molecule has 7 N–H and O–H groups in total. The van der Waals surface area contributed by atoms with Gasteiger partial charge in [0.25, 0.3) is 0 Å². The van der Waals surface area contributed by atoms with Gasteiger partial charge in [-0.3, -0.25) is 9.79 Å². The number of aliphatic imine (C=N–C) groups is 1. The van der Waals surface area contributed by atoms with Gasteiger partial charge in [-0.1, -0.05) is 80.1 Å². The van der Waals surface area contributed by atoms with Crippen LogP contribution >= 0.6 is 0 Å². The van der Waals surface area contributed by atoms with E-state index in [1.807, 2.05) is 66.7 Å². The molecule has 70 heavy (non-hydrogen) atoms. The van der Waals surface area contributed by atoms with Gasteiger partial charge in [0.2, 0.25) is 0 Å². The number of fused-ring (bicyclic) bond motifs is 7. The Balaban J connectivity index is 1.10. The number of phenols is 1. The van der Waals surface area contributed by atoms with Crippen molar-refractivity contribution in [3.63, 3.8) is 0 Å². The number of aliphatic hydroxyl groups excluding tert-OH is 2. The molecule has 0 radical (unpaired) electrons. The van der Waals surface area contributed by atoms with Crippen LogP contribution in [0.4, 0.5) is 5.69 Å². The van der Waals surface area contributed by atoms with Crippen molar-refractivity contribution in [3.8, 4) is 29.3 Å². The van der Waals surface area contributed by atoms with E-state index < -0.39 is 17.8 Å². The van der Waals surface area contributed by atoms with Gasteiger partial charge >= 0.3 is 0 Å². The SMILES string of the molecule is CN=C(N)Nc1cccc(CCCCC2C=CC(O)=CC2CC2CC(=O)CCc3ccc(OC)c(c3)OCc3c(C(O)O)c4c5c(c(O)cc6c5c3C=CC6C)C(Cc3ccccc3)(C#CO2)CC4)c1. The maximum absolute atomic E-state index is 14.1. The summed E-state index contributed by atoms with van der Waals surface area (Å²) in [7, 11) is 3.23. The lowest BCUT2D eigenvalue weighted by molar-refractivity contribution is -0.121. The number of nitrogens with two attached hydrogens (primary N) is 1. The third-order valence-corrected chi connectivity index (χ3v) is 14.8. The number of anilines is 1. The summed E-state index contributed by atoms with van der Waals surface area (Å²) in [6.07, 6.45) is 16.8. The van der Waals surface area contributed by atoms with Crippen molar-refractivity contribution < 1.29 is 39.4 Å². The summed E-state index contributed by atoms with van der Waals surface area (Å²) in [5.74, 6) is 5.15. The van der Waals surface area contributed by atoms with E-state index in [-0.39, 0.29) is 54.5 Å². The predicted octanol–water partition coefficient (Wildman–Crippen LogP) is 10.3. The number of guanidine groups is 1. The molecule has 11 nitrogen and oxygen atoms in total. The van der Waals surface area contributed by atoms with Crippen LogP contribution in [-0.4, -0.2) is 52.4 Å². The number of carbonyl (C=O) groups excluding carboxylic acids is 1. The number of rotatable bonds is 12. The van der Waals surface area contributed by atoms with Crippen molar-refractivity contribution in [2.45, 2.75) is 108 Å². The second kappa shape index (κ2) is 20.9. The maximum atomic E-state index is 14.1. The van der Waals surface area contributed by atoms with Crippen LogP contribution in [-0.2, 0) is 47.2 Å². The first kappa shape index (κ1) is 48.0. The average Bonchev–Trinajstić information content (AvgIpc) is 3.35. The van der Waals surface area contributed by atoms with E-state index in [1.54, 1.807) is 20.2 Å². The van der Waals surface area contributed by atoms with Crippen LogP contribution in [0.5, 0.6) is 17.2 Å². The van der Waals surface area contributed by atoms with E-state index >= 15 is 0 Å². The molecule has 3 aliphatic carbocycles. The number of allylic oxidation sites excluding steroid dienone is 4. The molecule has 0 aromatic heterocycles. The molecule has 5 unspecified atom stereocenters. The van der Waals surface area contributed by atoms with Crippen LogP contribution in [0.3, 0.4) is 0 Å². The van der Waals surface area contributed by atoms with E-state index in [9.17, 15) is 25.2 Å². The van der Waals surface area contributed by atoms with Crippen molar-refractivity contribution in [1.82, 2.24) is 0 Å². The van der Waals surface area contributed by atoms with Gasteiger partial charge in [-0.2, -0.15) is 0 Å². The van der Waals surface area contributed by atoms with Crippen LogP contribution in [0.15, 0.2) is 114 Å². The Bertz CT molecular complexity index is 2960. The van der Waals surface area contributed by atoms with Crippen molar-refractivity contribution in [1.29, 1.82) is 0 Å². The van der Waals surface area contributed by atoms with Crippen LogP contribution in [0.25, 0.3) is 16.8 Å². The second-order valence-corrected chi connectivity index (χ2v) is 19.3. The zero-order chi connectivity index (χ0) is 48.9. The maximum Gasteiger partial charge on any atom is 0.192 e. The molecule has 2 aliphatic heterocycles. The smallest absolute Gasteiger partial charge is 0.192 e. The van der Waals surface area contributed by atoms with Crippen LogP contribution < -0.4 is 20.5 Å². The molecule has 0 amide bonds. The lowest BCUT2D eigenvalue weighted by Crippen LogP contribution is -2.33. The summed E-state index contributed by atoms with van der Waals surface area (Å²) in [6, 6.07) is 25.7. The summed E-state index contributed by atoms with van der Waals surface area (Å²) < 4.78 is 19.0. The quantitative estimate of drug-likeness (QED) is 0.0232. The molecule has 0 fully saturated rings. The molecule has 2 heterocycles. The number of methoxy groups -OCH3 is 1. The highest BCUT2D eigenvalue weighted by Crippen LogP contribution is 2.54. The Morgan fingerprint density at radius 2 is 1.77 bits per heavy atom. The van der Waals surface area contributed by atoms with Crippen LogP contribution in [0, 0.1) is 23.9 Å². The van der Waals surface area contributed by atoms with Crippen molar-refractivity contribution in [2.24, 2.45) is 22.6 Å². The van der Waals surface area contributed by atoms with Crippen LogP contribution in [0.1, 0.15) is 114 Å². The standard InChI is InChI=1S/C59H63N3O8/c1-36-16-22-46-49-35-70-52-29-38(18-23-51(52)68-3)17-20-44(64)32-45(31-41-30-43(63)21-19-40(41)14-8-7-10-37-13-9-15-42(28-37)62-58(60)61-2)69-27-26-59(34-39-11-5-4-6-12-39)25-24-47(54(49)57(66)67)55-53(46)48(36)33-50(65)56(55)59/h4-6,9,11-13,15-16,18-19,21-23,28-30,33,36,40-41,45,57,63,65-67H,7-8,10,14,17,20,24-25,31-32,34-35H2,1-3H3,(H3,60,61,62). The topological polar surface area (TPSA) is 176 Å². The number of aromatic hydroxyl groups is 1. The molecular weight excluding hydrogens is 879 g/mol. The number of nitrogens with zero attached hydrogens (tertiary/aromatic N) is 1. The lowest BCUT2D eigenvalue weighted by Gasteiger charge is -2.39. The van der Waals surface area contributed by atoms with Gasteiger partial charge in [0.05, 0.1) is 12.5 Å².